The van der Waals surface area contributed by atoms with E-state index in [1.165, 1.54) is 0 Å². The number of carbonyl (C=O) groups excluding carboxylic acids is 1. The minimum atomic E-state index is -0.320. The van der Waals surface area contributed by atoms with Crippen LogP contribution < -0.4 is 10.2 Å². The molecule has 1 amide bonds. The number of halogens is 1. The molecule has 0 atom stereocenters. The monoisotopic (exact) mass is 395 g/mol. The van der Waals surface area contributed by atoms with Gasteiger partial charge in [-0.2, -0.15) is 5.10 Å². The van der Waals surface area contributed by atoms with Gasteiger partial charge in [-0.05, 0) is 50.6 Å². The van der Waals surface area contributed by atoms with Crippen molar-refractivity contribution in [2.45, 2.75) is 20.8 Å². The van der Waals surface area contributed by atoms with E-state index in [-0.39, 0.29) is 12.5 Å². The first-order valence-electron chi connectivity index (χ1n) is 8.91. The number of nitrogens with one attached hydrogen (secondary N) is 1. The molecule has 3 aromatic rings. The molecule has 1 aromatic heterocycles. The predicted octanol–water partition coefficient (Wildman–Crippen LogP) is 4.59. The van der Waals surface area contributed by atoms with Crippen molar-refractivity contribution in [3.8, 4) is 11.4 Å². The van der Waals surface area contributed by atoms with Crippen molar-refractivity contribution < 1.29 is 9.53 Å². The van der Waals surface area contributed by atoms with Crippen molar-refractivity contribution >= 4 is 23.7 Å². The van der Waals surface area contributed by atoms with Gasteiger partial charge < -0.3 is 9.30 Å². The van der Waals surface area contributed by atoms with Crippen molar-refractivity contribution in [3.05, 3.63) is 82.1 Å². The first kappa shape index (κ1) is 19.7. The smallest absolute Gasteiger partial charge is 0.277 e. The van der Waals surface area contributed by atoms with Crippen molar-refractivity contribution in [1.82, 2.24) is 9.99 Å². The van der Waals surface area contributed by atoms with Crippen molar-refractivity contribution in [2.24, 2.45) is 5.10 Å². The van der Waals surface area contributed by atoms with E-state index in [0.29, 0.717) is 10.8 Å². The molecule has 6 heteroatoms. The summed E-state index contributed by atoms with van der Waals surface area (Å²) in [6, 6.07) is 17.2. The van der Waals surface area contributed by atoms with Gasteiger partial charge in [-0.25, -0.2) is 5.43 Å². The topological polar surface area (TPSA) is 55.6 Å². The van der Waals surface area contributed by atoms with Gasteiger partial charge in [-0.15, -0.1) is 0 Å². The third-order valence-electron chi connectivity index (χ3n) is 4.41. The highest BCUT2D eigenvalue weighted by atomic mass is 35.5. The fraction of sp³-hybridized carbons (Fsp3) is 0.182. The maximum Gasteiger partial charge on any atom is 0.277 e. The Morgan fingerprint density at radius 1 is 1.14 bits per heavy atom. The predicted molar refractivity (Wildman–Crippen MR) is 113 cm³/mol. The Bertz CT molecular complexity index is 1020. The summed E-state index contributed by atoms with van der Waals surface area (Å²) in [4.78, 5) is 12.0. The van der Waals surface area contributed by atoms with Crippen LogP contribution in [0.15, 0.2) is 59.7 Å². The Morgan fingerprint density at radius 3 is 2.61 bits per heavy atom. The van der Waals surface area contributed by atoms with Gasteiger partial charge in [0.05, 0.1) is 16.9 Å². The minimum absolute atomic E-state index is 0.0964. The molecule has 0 saturated heterocycles. The van der Waals surface area contributed by atoms with Crippen LogP contribution in [0.25, 0.3) is 5.69 Å². The summed E-state index contributed by atoms with van der Waals surface area (Å²) in [5, 5.41) is 4.73. The molecular formula is C22H22ClN3O2. The summed E-state index contributed by atoms with van der Waals surface area (Å²) in [5.41, 5.74) is 7.30. The summed E-state index contributed by atoms with van der Waals surface area (Å²) >= 11 is 6.33. The third-order valence-corrected chi connectivity index (χ3v) is 4.73. The Hall–Kier alpha value is -3.05. The quantitative estimate of drug-likeness (QED) is 0.490. The van der Waals surface area contributed by atoms with Gasteiger partial charge in [-0.1, -0.05) is 41.9 Å². The second-order valence-electron chi connectivity index (χ2n) is 6.46. The van der Waals surface area contributed by atoms with E-state index in [1.54, 1.807) is 6.21 Å². The standard InChI is InChI=1S/C22H22ClN3O2/c1-15-8-4-7-11-21(15)28-14-22(27)25-24-13-18-12-16(2)26(17(18)3)20-10-6-5-9-19(20)23/h4-13H,14H2,1-3H3,(H,25,27)/b24-13-. The molecule has 0 spiro atoms. The molecular weight excluding hydrogens is 374 g/mol. The van der Waals surface area contributed by atoms with Crippen LogP contribution >= 0.6 is 11.6 Å². The number of ether oxygens (including phenoxy) is 1. The summed E-state index contributed by atoms with van der Waals surface area (Å²) in [7, 11) is 0. The molecule has 0 aliphatic carbocycles. The highest BCUT2D eigenvalue weighted by molar-refractivity contribution is 6.32. The van der Waals surface area contributed by atoms with E-state index in [9.17, 15) is 4.79 Å². The van der Waals surface area contributed by atoms with E-state index < -0.39 is 0 Å². The molecule has 0 radical (unpaired) electrons. The Morgan fingerprint density at radius 2 is 1.86 bits per heavy atom. The highest BCUT2D eigenvalue weighted by Crippen LogP contribution is 2.25. The zero-order valence-electron chi connectivity index (χ0n) is 16.1. The van der Waals surface area contributed by atoms with Crippen LogP contribution in [0.4, 0.5) is 0 Å². The molecule has 5 nitrogen and oxygen atoms in total. The number of aromatic nitrogens is 1. The maximum atomic E-state index is 12.0. The fourth-order valence-electron chi connectivity index (χ4n) is 2.99. The molecule has 3 rings (SSSR count). The highest BCUT2D eigenvalue weighted by Gasteiger charge is 2.11. The summed E-state index contributed by atoms with van der Waals surface area (Å²) in [5.74, 6) is 0.365. The number of benzene rings is 2. The Labute approximate surface area is 169 Å². The van der Waals surface area contributed by atoms with E-state index in [0.717, 1.165) is 28.2 Å². The molecule has 0 fully saturated rings. The zero-order chi connectivity index (χ0) is 20.1. The average Bonchev–Trinajstić information content (AvgIpc) is 2.95. The van der Waals surface area contributed by atoms with Gasteiger partial charge in [0.2, 0.25) is 0 Å². The first-order chi connectivity index (χ1) is 13.5. The number of rotatable bonds is 6. The molecule has 28 heavy (non-hydrogen) atoms. The molecule has 0 unspecified atom stereocenters. The molecule has 144 valence electrons. The van der Waals surface area contributed by atoms with E-state index in [1.807, 2.05) is 75.4 Å². The number of aryl methyl sites for hydroxylation is 2. The molecule has 0 bridgehead atoms. The molecule has 1 heterocycles. The van der Waals surface area contributed by atoms with Crippen LogP contribution in [0.5, 0.6) is 5.75 Å². The van der Waals surface area contributed by atoms with Crippen molar-refractivity contribution in [3.63, 3.8) is 0 Å². The van der Waals surface area contributed by atoms with Crippen LogP contribution in [-0.2, 0) is 4.79 Å². The summed E-state index contributed by atoms with van der Waals surface area (Å²) in [6.07, 6.45) is 1.63. The number of hydrogen-bond donors (Lipinski definition) is 1. The van der Waals surface area contributed by atoms with Gasteiger partial charge in [0.25, 0.3) is 5.91 Å². The van der Waals surface area contributed by atoms with Gasteiger partial charge in [0, 0.05) is 17.0 Å². The Kier molecular flexibility index (Phi) is 6.16. The van der Waals surface area contributed by atoms with E-state index >= 15 is 0 Å². The number of para-hydroxylation sites is 2. The lowest BCUT2D eigenvalue weighted by Crippen LogP contribution is -2.24. The Balaban J connectivity index is 1.65. The van der Waals surface area contributed by atoms with Gasteiger partial charge in [-0.3, -0.25) is 4.79 Å². The van der Waals surface area contributed by atoms with Crippen molar-refractivity contribution in [2.75, 3.05) is 6.61 Å². The van der Waals surface area contributed by atoms with Crippen LogP contribution in [0, 0.1) is 20.8 Å². The molecule has 1 N–H and O–H groups in total. The van der Waals surface area contributed by atoms with E-state index in [4.69, 9.17) is 16.3 Å². The first-order valence-corrected chi connectivity index (χ1v) is 9.29. The lowest BCUT2D eigenvalue weighted by molar-refractivity contribution is -0.123. The van der Waals surface area contributed by atoms with Crippen LogP contribution in [-0.4, -0.2) is 23.3 Å². The number of carbonyl (C=O) groups is 1. The second-order valence-corrected chi connectivity index (χ2v) is 6.87. The number of hydrogen-bond acceptors (Lipinski definition) is 3. The molecule has 0 aliphatic rings. The SMILES string of the molecule is Cc1ccccc1OCC(=O)N/N=C\c1cc(C)n(-c2ccccc2Cl)c1C. The second kappa shape index (κ2) is 8.76. The summed E-state index contributed by atoms with van der Waals surface area (Å²) < 4.78 is 7.58. The molecule has 2 aromatic carbocycles. The number of hydrazone groups is 1. The van der Waals surface area contributed by atoms with Gasteiger partial charge >= 0.3 is 0 Å². The largest absolute Gasteiger partial charge is 0.483 e. The third kappa shape index (κ3) is 4.43. The van der Waals surface area contributed by atoms with Crippen LogP contribution in [0.3, 0.4) is 0 Å². The normalized spacial score (nSPS) is 11.0. The van der Waals surface area contributed by atoms with Gasteiger partial charge in [0.15, 0.2) is 6.61 Å². The lowest BCUT2D eigenvalue weighted by atomic mass is 10.2. The number of amides is 1. The average molecular weight is 396 g/mol. The van der Waals surface area contributed by atoms with Crippen LogP contribution in [0.2, 0.25) is 5.02 Å². The van der Waals surface area contributed by atoms with Crippen molar-refractivity contribution in [1.29, 1.82) is 0 Å². The molecule has 0 saturated carbocycles. The lowest BCUT2D eigenvalue weighted by Gasteiger charge is -2.11. The maximum absolute atomic E-state index is 12.0. The minimum Gasteiger partial charge on any atom is -0.483 e. The van der Waals surface area contributed by atoms with E-state index in [2.05, 4.69) is 15.1 Å². The molecule has 0 aliphatic heterocycles. The fourth-order valence-corrected chi connectivity index (χ4v) is 3.21. The zero-order valence-corrected chi connectivity index (χ0v) is 16.8. The van der Waals surface area contributed by atoms with Crippen LogP contribution in [0.1, 0.15) is 22.5 Å². The summed E-state index contributed by atoms with van der Waals surface area (Å²) in [6.45, 7) is 5.82. The van der Waals surface area contributed by atoms with Gasteiger partial charge in [0.1, 0.15) is 5.75 Å². The number of nitrogens with zero attached hydrogens (tertiary/aromatic N) is 2.